The summed E-state index contributed by atoms with van der Waals surface area (Å²) < 4.78 is 6.22. The van der Waals surface area contributed by atoms with Gasteiger partial charge in [0.25, 0.3) is 0 Å². The van der Waals surface area contributed by atoms with Gasteiger partial charge in [-0.15, -0.1) is 0 Å². The first-order valence-corrected chi connectivity index (χ1v) is 5.98. The summed E-state index contributed by atoms with van der Waals surface area (Å²) in [7, 11) is 3.90. The van der Waals surface area contributed by atoms with Gasteiger partial charge in [-0.3, -0.25) is 0 Å². The molecule has 0 heterocycles. The van der Waals surface area contributed by atoms with E-state index in [0.717, 1.165) is 15.0 Å². The lowest BCUT2D eigenvalue weighted by Gasteiger charge is -2.12. The Balaban J connectivity index is 2.60. The molecule has 15 heavy (non-hydrogen) atoms. The van der Waals surface area contributed by atoms with Crippen molar-refractivity contribution in [3.63, 3.8) is 0 Å². The molecule has 1 aromatic carbocycles. The van der Waals surface area contributed by atoms with Crippen LogP contribution in [0.25, 0.3) is 0 Å². The zero-order valence-corrected chi connectivity index (χ0v) is 10.8. The van der Waals surface area contributed by atoms with E-state index < -0.39 is 0 Å². The molecule has 0 N–H and O–H groups in total. The molecule has 0 amide bonds. The lowest BCUT2D eigenvalue weighted by atomic mass is 10.3. The van der Waals surface area contributed by atoms with Gasteiger partial charge in [0.1, 0.15) is 10.1 Å². The van der Waals surface area contributed by atoms with Gasteiger partial charge in [0.15, 0.2) is 0 Å². The average Bonchev–Trinajstić information content (AvgIpc) is 2.21. The third kappa shape index (κ3) is 4.10. The first-order chi connectivity index (χ1) is 7.13. The summed E-state index contributed by atoms with van der Waals surface area (Å²) in [5.74, 6) is 0.901. The van der Waals surface area contributed by atoms with Gasteiger partial charge in [0, 0.05) is 19.0 Å². The van der Waals surface area contributed by atoms with Crippen molar-refractivity contribution in [2.24, 2.45) is 0 Å². The molecule has 0 unspecified atom stereocenters. The molecule has 4 heteroatoms. The average molecular weight is 241 g/mol. The molecule has 0 saturated heterocycles. The molecule has 0 aliphatic heterocycles. The number of benzene rings is 1. The molecule has 1 rings (SSSR count). The highest BCUT2D eigenvalue weighted by atomic mass is 32.2. The summed E-state index contributed by atoms with van der Waals surface area (Å²) in [4.78, 5) is 3.06. The van der Waals surface area contributed by atoms with Crippen LogP contribution in [0, 0.1) is 0 Å². The first-order valence-electron chi connectivity index (χ1n) is 4.75. The maximum atomic E-state index is 5.36. The van der Waals surface area contributed by atoms with Crippen molar-refractivity contribution in [3.8, 4) is 5.75 Å². The third-order valence-electron chi connectivity index (χ3n) is 1.71. The molecule has 0 radical (unpaired) electrons. The zero-order chi connectivity index (χ0) is 11.3. The molecule has 0 saturated carbocycles. The second kappa shape index (κ2) is 5.98. The fourth-order valence-corrected chi connectivity index (χ4v) is 1.91. The molecule has 0 bridgehead atoms. The van der Waals surface area contributed by atoms with Gasteiger partial charge >= 0.3 is 0 Å². The second-order valence-corrected chi connectivity index (χ2v) is 4.87. The molecule has 82 valence electrons. The van der Waals surface area contributed by atoms with Crippen molar-refractivity contribution in [2.45, 2.75) is 11.8 Å². The Hall–Kier alpha value is -0.740. The van der Waals surface area contributed by atoms with Crippen LogP contribution in [0.3, 0.4) is 0 Å². The highest BCUT2D eigenvalue weighted by Crippen LogP contribution is 2.23. The lowest BCUT2D eigenvalue weighted by Crippen LogP contribution is -2.15. The van der Waals surface area contributed by atoms with Crippen LogP contribution < -0.4 is 4.74 Å². The Kier molecular flexibility index (Phi) is 4.91. The van der Waals surface area contributed by atoms with Crippen molar-refractivity contribution in [3.05, 3.63) is 24.3 Å². The monoisotopic (exact) mass is 241 g/mol. The van der Waals surface area contributed by atoms with Gasteiger partial charge in [-0.25, -0.2) is 0 Å². The Bertz CT molecular complexity index is 322. The van der Waals surface area contributed by atoms with Crippen molar-refractivity contribution in [1.29, 1.82) is 0 Å². The Labute approximate surface area is 101 Å². The molecular weight excluding hydrogens is 226 g/mol. The van der Waals surface area contributed by atoms with Crippen LogP contribution in [0.15, 0.2) is 29.2 Å². The van der Waals surface area contributed by atoms with Crippen molar-refractivity contribution in [2.75, 3.05) is 20.7 Å². The third-order valence-corrected chi connectivity index (χ3v) is 3.37. The summed E-state index contributed by atoms with van der Waals surface area (Å²) in [6.45, 7) is 2.67. The van der Waals surface area contributed by atoms with E-state index in [2.05, 4.69) is 0 Å². The van der Waals surface area contributed by atoms with Crippen molar-refractivity contribution < 1.29 is 4.74 Å². The van der Waals surface area contributed by atoms with E-state index in [-0.39, 0.29) is 0 Å². The standard InChI is InChI=1S/C11H15NOS2/c1-4-13-9-5-7-10(8-6-9)15-11(14)12(2)3/h5-8H,4H2,1-3H3. The van der Waals surface area contributed by atoms with Crippen LogP contribution in [0.4, 0.5) is 0 Å². The summed E-state index contributed by atoms with van der Waals surface area (Å²) in [5.41, 5.74) is 0. The van der Waals surface area contributed by atoms with E-state index in [9.17, 15) is 0 Å². The molecule has 2 nitrogen and oxygen atoms in total. The van der Waals surface area contributed by atoms with Crippen molar-refractivity contribution in [1.82, 2.24) is 4.90 Å². The van der Waals surface area contributed by atoms with E-state index in [0.29, 0.717) is 6.61 Å². The Morgan fingerprint density at radius 2 is 1.93 bits per heavy atom. The van der Waals surface area contributed by atoms with E-state index in [1.54, 1.807) is 11.8 Å². The van der Waals surface area contributed by atoms with Gasteiger partial charge in [-0.2, -0.15) is 0 Å². The fourth-order valence-electron chi connectivity index (χ4n) is 0.963. The van der Waals surface area contributed by atoms with Crippen LogP contribution >= 0.6 is 24.0 Å². The highest BCUT2D eigenvalue weighted by molar-refractivity contribution is 8.22. The number of thiocarbonyl (C=S) groups is 1. The summed E-state index contributed by atoms with van der Waals surface area (Å²) >= 11 is 6.78. The highest BCUT2D eigenvalue weighted by Gasteiger charge is 2.02. The van der Waals surface area contributed by atoms with Crippen molar-refractivity contribution >= 4 is 28.3 Å². The van der Waals surface area contributed by atoms with E-state index >= 15 is 0 Å². The number of hydrogen-bond donors (Lipinski definition) is 0. The number of nitrogens with zero attached hydrogens (tertiary/aromatic N) is 1. The molecule has 0 aliphatic rings. The van der Waals surface area contributed by atoms with Crippen LogP contribution in [0.5, 0.6) is 5.75 Å². The molecule has 0 fully saturated rings. The lowest BCUT2D eigenvalue weighted by molar-refractivity contribution is 0.340. The molecule has 0 atom stereocenters. The maximum absolute atomic E-state index is 5.36. The largest absolute Gasteiger partial charge is 0.494 e. The van der Waals surface area contributed by atoms with Crippen LogP contribution in [-0.4, -0.2) is 29.9 Å². The van der Waals surface area contributed by atoms with Crippen LogP contribution in [0.1, 0.15) is 6.92 Å². The fraction of sp³-hybridized carbons (Fsp3) is 0.364. The molecule has 0 aliphatic carbocycles. The van der Waals surface area contributed by atoms with Gasteiger partial charge in [0.05, 0.1) is 6.61 Å². The molecule has 1 aromatic rings. The molecular formula is C11H15NOS2. The van der Waals surface area contributed by atoms with E-state index in [1.165, 1.54) is 0 Å². The summed E-state index contributed by atoms with van der Waals surface area (Å²) in [6, 6.07) is 7.96. The summed E-state index contributed by atoms with van der Waals surface area (Å²) in [6.07, 6.45) is 0. The smallest absolute Gasteiger partial charge is 0.140 e. The molecule has 0 spiro atoms. The minimum absolute atomic E-state index is 0.697. The van der Waals surface area contributed by atoms with Crippen LogP contribution in [-0.2, 0) is 0 Å². The normalized spacial score (nSPS) is 9.80. The van der Waals surface area contributed by atoms with Gasteiger partial charge in [0.2, 0.25) is 0 Å². The first kappa shape index (κ1) is 12.3. The predicted octanol–water partition coefficient (Wildman–Crippen LogP) is 3.02. The topological polar surface area (TPSA) is 12.5 Å². The quantitative estimate of drug-likeness (QED) is 0.595. The van der Waals surface area contributed by atoms with Gasteiger partial charge in [-0.05, 0) is 31.2 Å². The minimum atomic E-state index is 0.697. The molecule has 0 aromatic heterocycles. The zero-order valence-electron chi connectivity index (χ0n) is 9.19. The number of rotatable bonds is 3. The minimum Gasteiger partial charge on any atom is -0.494 e. The number of ether oxygens (including phenoxy) is 1. The summed E-state index contributed by atoms with van der Waals surface area (Å²) in [5, 5.41) is 0. The second-order valence-electron chi connectivity index (χ2n) is 3.17. The van der Waals surface area contributed by atoms with E-state index in [1.807, 2.05) is 50.2 Å². The van der Waals surface area contributed by atoms with Crippen LogP contribution in [0.2, 0.25) is 0 Å². The predicted molar refractivity (Wildman–Crippen MR) is 69.8 cm³/mol. The van der Waals surface area contributed by atoms with Gasteiger partial charge < -0.3 is 9.64 Å². The maximum Gasteiger partial charge on any atom is 0.140 e. The van der Waals surface area contributed by atoms with E-state index in [4.69, 9.17) is 17.0 Å². The Morgan fingerprint density at radius 3 is 2.40 bits per heavy atom. The number of thioether (sulfide) groups is 1. The van der Waals surface area contributed by atoms with Gasteiger partial charge in [-0.1, -0.05) is 24.0 Å². The Morgan fingerprint density at radius 1 is 1.33 bits per heavy atom. The number of hydrogen-bond acceptors (Lipinski definition) is 3. The SMILES string of the molecule is CCOc1ccc(SC(=S)N(C)C)cc1.